The zero-order valence-electron chi connectivity index (χ0n) is 11.0. The van der Waals surface area contributed by atoms with Crippen LogP contribution in [0, 0.1) is 0 Å². The first-order chi connectivity index (χ1) is 8.66. The fourth-order valence-electron chi connectivity index (χ4n) is 2.77. The van der Waals surface area contributed by atoms with Crippen molar-refractivity contribution >= 4 is 15.9 Å². The van der Waals surface area contributed by atoms with Gasteiger partial charge in [0.1, 0.15) is 0 Å². The van der Waals surface area contributed by atoms with Crippen molar-refractivity contribution in [2.75, 3.05) is 6.54 Å². The van der Waals surface area contributed by atoms with Crippen LogP contribution in [0.4, 0.5) is 0 Å². The molecule has 0 radical (unpaired) electrons. The zero-order valence-corrected chi connectivity index (χ0v) is 12.6. The van der Waals surface area contributed by atoms with Crippen LogP contribution < -0.4 is 0 Å². The summed E-state index contributed by atoms with van der Waals surface area (Å²) in [6, 6.07) is 8.96. The van der Waals surface area contributed by atoms with Crippen LogP contribution in [0.2, 0.25) is 0 Å². The molecule has 18 heavy (non-hydrogen) atoms. The zero-order chi connectivity index (χ0) is 13.0. The Morgan fingerprint density at radius 2 is 2.17 bits per heavy atom. The molecule has 2 rings (SSSR count). The van der Waals surface area contributed by atoms with E-state index in [1.165, 1.54) is 29.3 Å². The molecule has 1 heterocycles. The molecule has 0 amide bonds. The molecule has 1 aromatic rings. The number of piperidine rings is 1. The van der Waals surface area contributed by atoms with Crippen molar-refractivity contribution in [1.82, 2.24) is 4.90 Å². The second-order valence-electron chi connectivity index (χ2n) is 5.30. The minimum Gasteiger partial charge on any atom is -0.393 e. The van der Waals surface area contributed by atoms with E-state index in [-0.39, 0.29) is 6.10 Å². The third-order valence-electron chi connectivity index (χ3n) is 3.69. The van der Waals surface area contributed by atoms with Gasteiger partial charge in [-0.25, -0.2) is 0 Å². The molecule has 2 atom stereocenters. The van der Waals surface area contributed by atoms with E-state index in [0.717, 1.165) is 19.5 Å². The van der Waals surface area contributed by atoms with Crippen molar-refractivity contribution in [3.8, 4) is 0 Å². The van der Waals surface area contributed by atoms with Crippen LogP contribution in [0.3, 0.4) is 0 Å². The smallest absolute Gasteiger partial charge is 0.0527 e. The highest BCUT2D eigenvalue weighted by molar-refractivity contribution is 9.10. The van der Waals surface area contributed by atoms with E-state index in [1.807, 2.05) is 6.92 Å². The third-order valence-corrected chi connectivity index (χ3v) is 4.47. The van der Waals surface area contributed by atoms with Crippen LogP contribution in [-0.2, 0) is 6.54 Å². The number of aliphatic hydroxyl groups is 1. The maximum Gasteiger partial charge on any atom is 0.0527 e. The highest BCUT2D eigenvalue weighted by Crippen LogP contribution is 2.25. The van der Waals surface area contributed by atoms with Gasteiger partial charge >= 0.3 is 0 Å². The fourth-order valence-corrected chi connectivity index (χ4v) is 3.18. The fraction of sp³-hybridized carbons (Fsp3) is 0.600. The predicted molar refractivity (Wildman–Crippen MR) is 78.5 cm³/mol. The molecule has 3 heteroatoms. The van der Waals surface area contributed by atoms with Crippen molar-refractivity contribution in [2.24, 2.45) is 0 Å². The Bertz CT molecular complexity index is 381. The second kappa shape index (κ2) is 6.69. The number of aliphatic hydroxyl groups excluding tert-OH is 1. The van der Waals surface area contributed by atoms with Crippen LogP contribution in [0.5, 0.6) is 0 Å². The predicted octanol–water partition coefficient (Wildman–Crippen LogP) is 3.57. The number of nitrogens with zero attached hydrogens (tertiary/aromatic N) is 1. The molecule has 0 aromatic heterocycles. The maximum atomic E-state index is 9.61. The van der Waals surface area contributed by atoms with Gasteiger partial charge in [-0.3, -0.25) is 4.90 Å². The molecule has 1 aliphatic rings. The van der Waals surface area contributed by atoms with Gasteiger partial charge < -0.3 is 5.11 Å². The Balaban J connectivity index is 2.03. The minimum atomic E-state index is -0.199. The molecule has 100 valence electrons. The van der Waals surface area contributed by atoms with Crippen molar-refractivity contribution < 1.29 is 5.11 Å². The van der Waals surface area contributed by atoms with Crippen molar-refractivity contribution in [1.29, 1.82) is 0 Å². The maximum absolute atomic E-state index is 9.61. The van der Waals surface area contributed by atoms with E-state index in [1.54, 1.807) is 0 Å². The number of hydrogen-bond donors (Lipinski definition) is 1. The van der Waals surface area contributed by atoms with E-state index in [0.29, 0.717) is 6.04 Å². The van der Waals surface area contributed by atoms with E-state index < -0.39 is 0 Å². The number of rotatable bonds is 4. The molecule has 1 N–H and O–H groups in total. The van der Waals surface area contributed by atoms with Gasteiger partial charge in [-0.1, -0.05) is 40.5 Å². The Kier molecular flexibility index (Phi) is 5.22. The van der Waals surface area contributed by atoms with Crippen LogP contribution >= 0.6 is 15.9 Å². The van der Waals surface area contributed by atoms with Crippen LogP contribution in [0.25, 0.3) is 0 Å². The summed E-state index contributed by atoms with van der Waals surface area (Å²) in [6.45, 7) is 4.03. The third kappa shape index (κ3) is 3.81. The minimum absolute atomic E-state index is 0.199. The quantitative estimate of drug-likeness (QED) is 0.919. The summed E-state index contributed by atoms with van der Waals surface area (Å²) in [5.41, 5.74) is 1.34. The summed E-state index contributed by atoms with van der Waals surface area (Å²) in [6.07, 6.45) is 4.49. The molecule has 2 nitrogen and oxygen atoms in total. The first-order valence-corrected chi connectivity index (χ1v) is 7.61. The molecule has 0 aliphatic carbocycles. The number of hydrogen-bond acceptors (Lipinski definition) is 2. The highest BCUT2D eigenvalue weighted by Gasteiger charge is 2.23. The van der Waals surface area contributed by atoms with Gasteiger partial charge in [0.25, 0.3) is 0 Å². The summed E-state index contributed by atoms with van der Waals surface area (Å²) in [5.74, 6) is 0. The van der Waals surface area contributed by atoms with Gasteiger partial charge in [-0.2, -0.15) is 0 Å². The van der Waals surface area contributed by atoms with Crippen LogP contribution in [0.15, 0.2) is 28.7 Å². The molecule has 2 unspecified atom stereocenters. The SMILES string of the molecule is CC(O)CC1CCCCN1Cc1ccccc1Br. The molecule has 1 fully saturated rings. The topological polar surface area (TPSA) is 23.5 Å². The summed E-state index contributed by atoms with van der Waals surface area (Å²) >= 11 is 3.62. The highest BCUT2D eigenvalue weighted by atomic mass is 79.9. The number of halogens is 1. The molecular weight excluding hydrogens is 290 g/mol. The normalized spacial score (nSPS) is 22.9. The van der Waals surface area contributed by atoms with Gasteiger partial charge in [0.2, 0.25) is 0 Å². The summed E-state index contributed by atoms with van der Waals surface area (Å²) in [7, 11) is 0. The number of likely N-dealkylation sites (tertiary alicyclic amines) is 1. The molecule has 0 spiro atoms. The van der Waals surface area contributed by atoms with E-state index >= 15 is 0 Å². The average Bonchev–Trinajstić information content (AvgIpc) is 2.34. The van der Waals surface area contributed by atoms with Crippen LogP contribution in [-0.4, -0.2) is 28.7 Å². The van der Waals surface area contributed by atoms with Crippen molar-refractivity contribution in [2.45, 2.75) is 51.3 Å². The van der Waals surface area contributed by atoms with Crippen molar-refractivity contribution in [3.05, 3.63) is 34.3 Å². The van der Waals surface area contributed by atoms with Crippen molar-refractivity contribution in [3.63, 3.8) is 0 Å². The molecular formula is C15H22BrNO. The summed E-state index contributed by atoms with van der Waals surface area (Å²) < 4.78 is 1.19. The Labute approximate surface area is 118 Å². The number of benzene rings is 1. The lowest BCUT2D eigenvalue weighted by atomic mass is 9.96. The van der Waals surface area contributed by atoms with Gasteiger partial charge in [0.05, 0.1) is 6.10 Å². The van der Waals surface area contributed by atoms with Gasteiger partial charge in [-0.05, 0) is 44.4 Å². The Morgan fingerprint density at radius 1 is 1.39 bits per heavy atom. The molecule has 0 saturated carbocycles. The van der Waals surface area contributed by atoms with Gasteiger partial charge in [0, 0.05) is 17.1 Å². The Morgan fingerprint density at radius 3 is 2.89 bits per heavy atom. The molecule has 1 aromatic carbocycles. The van der Waals surface area contributed by atoms with E-state index in [2.05, 4.69) is 45.1 Å². The average molecular weight is 312 g/mol. The lowest BCUT2D eigenvalue weighted by Crippen LogP contribution is -2.40. The second-order valence-corrected chi connectivity index (χ2v) is 6.15. The van der Waals surface area contributed by atoms with Crippen LogP contribution in [0.1, 0.15) is 38.2 Å². The Hall–Kier alpha value is -0.380. The van der Waals surface area contributed by atoms with Gasteiger partial charge in [0.15, 0.2) is 0 Å². The molecule has 1 saturated heterocycles. The largest absolute Gasteiger partial charge is 0.393 e. The van der Waals surface area contributed by atoms with E-state index in [9.17, 15) is 5.11 Å². The summed E-state index contributed by atoms with van der Waals surface area (Å²) in [5, 5.41) is 9.61. The monoisotopic (exact) mass is 311 g/mol. The molecule has 1 aliphatic heterocycles. The van der Waals surface area contributed by atoms with E-state index in [4.69, 9.17) is 0 Å². The first kappa shape index (κ1) is 14.0. The lowest BCUT2D eigenvalue weighted by molar-refractivity contribution is 0.0816. The lowest BCUT2D eigenvalue weighted by Gasteiger charge is -2.36. The molecule has 0 bridgehead atoms. The van der Waals surface area contributed by atoms with Gasteiger partial charge in [-0.15, -0.1) is 0 Å². The first-order valence-electron chi connectivity index (χ1n) is 6.82. The summed E-state index contributed by atoms with van der Waals surface area (Å²) in [4.78, 5) is 2.52. The standard InChI is InChI=1S/C15H22BrNO/c1-12(18)10-14-7-4-5-9-17(14)11-13-6-2-3-8-15(13)16/h2-3,6,8,12,14,18H,4-5,7,9-11H2,1H3.